The van der Waals surface area contributed by atoms with E-state index in [1.165, 1.54) is 0 Å². The van der Waals surface area contributed by atoms with Crippen LogP contribution >= 0.6 is 7.60 Å². The summed E-state index contributed by atoms with van der Waals surface area (Å²) in [5.74, 6) is 0. The Bertz CT molecular complexity index is 203. The van der Waals surface area contributed by atoms with E-state index in [0.29, 0.717) is 32.3 Å². The Hall–Kier alpha value is 0.990. The van der Waals surface area contributed by atoms with Crippen molar-refractivity contribution in [3.63, 3.8) is 0 Å². The predicted octanol–water partition coefficient (Wildman–Crippen LogP) is -2.94. The van der Waals surface area contributed by atoms with Crippen LogP contribution in [-0.2, 0) is 13.8 Å². The Labute approximate surface area is 127 Å². The first kappa shape index (κ1) is 20.3. The third kappa shape index (κ3) is 11.8. The van der Waals surface area contributed by atoms with E-state index in [1.54, 1.807) is 0 Å². The molecule has 0 aromatic rings. The van der Waals surface area contributed by atoms with Crippen molar-refractivity contribution in [2.24, 2.45) is 11.5 Å². The summed E-state index contributed by atoms with van der Waals surface area (Å²) < 4.78 is 22.1. The fourth-order valence-corrected chi connectivity index (χ4v) is 2.37. The van der Waals surface area contributed by atoms with E-state index in [4.69, 9.17) is 20.7 Å². The maximum absolute atomic E-state index is 12.1. The van der Waals surface area contributed by atoms with Crippen LogP contribution < -0.4 is 52.0 Å². The summed E-state index contributed by atoms with van der Waals surface area (Å²) in [5.41, 5.74) is 15.6. The molecule has 0 saturated heterocycles. The fraction of sp³-hybridized carbons (Fsp3) is 1.00. The molecule has 7 nitrogen and oxygen atoms in total. The zero-order valence-electron chi connectivity index (χ0n) is 11.8. The van der Waals surface area contributed by atoms with Crippen molar-refractivity contribution >= 4 is 7.60 Å². The van der Waals surface area contributed by atoms with Crippen molar-refractivity contribution < 1.29 is 44.8 Å². The van der Waals surface area contributed by atoms with Crippen molar-refractivity contribution in [1.82, 2.24) is 11.0 Å². The molecule has 0 fully saturated rings. The minimum atomic E-state index is -3.13. The summed E-state index contributed by atoms with van der Waals surface area (Å²) in [6, 6.07) is 0. The molecule has 100 valence electrons. The van der Waals surface area contributed by atoms with Crippen LogP contribution in [0.4, 0.5) is 0 Å². The summed E-state index contributed by atoms with van der Waals surface area (Å²) in [7, 11) is -3.13. The summed E-state index contributed by atoms with van der Waals surface area (Å²) in [5, 5.41) is 0. The quantitative estimate of drug-likeness (QED) is 0.138. The second kappa shape index (κ2) is 13.4. The molecule has 0 spiro atoms. The molecule has 17 heavy (non-hydrogen) atoms. The number of rotatable bonds is 11. The fourth-order valence-electron chi connectivity index (χ4n) is 0.868. The summed E-state index contributed by atoms with van der Waals surface area (Å²) in [6.45, 7) is 3.67. The monoisotopic (exact) mass is 278 g/mol. The van der Waals surface area contributed by atoms with E-state index in [9.17, 15) is 4.57 Å². The second-order valence-corrected chi connectivity index (χ2v) is 5.27. The number of unbranched alkanes of at least 4 members (excludes halogenated alkanes) is 1. The maximum Gasteiger partial charge on any atom is 1.00 e. The van der Waals surface area contributed by atoms with Gasteiger partial charge in [-0.05, 0) is 6.42 Å². The number of hydrogen-bond donors (Lipinski definition) is 4. The van der Waals surface area contributed by atoms with Gasteiger partial charge in [0.05, 0.1) is 6.16 Å². The maximum atomic E-state index is 12.1. The van der Waals surface area contributed by atoms with Crippen LogP contribution in [0.5, 0.6) is 0 Å². The van der Waals surface area contributed by atoms with Gasteiger partial charge in [0.15, 0.2) is 0 Å². The van der Waals surface area contributed by atoms with Gasteiger partial charge in [0.1, 0.15) is 0 Å². The molecule has 0 saturated carbocycles. The molecule has 0 rings (SSSR count). The standard InChI is InChI=1S/C8H23N4O3P.Na.H/c1-2-3-8-16(13,14-11-6-4-9)15-12-7-5-10;;/h11-12H,2-10H2,1H3;;/q;+1;-1. The van der Waals surface area contributed by atoms with Gasteiger partial charge >= 0.3 is 37.2 Å². The summed E-state index contributed by atoms with van der Waals surface area (Å²) >= 11 is 0. The average molecular weight is 278 g/mol. The van der Waals surface area contributed by atoms with Gasteiger partial charge in [0.25, 0.3) is 0 Å². The molecule has 0 heterocycles. The number of hydrogen-bond acceptors (Lipinski definition) is 7. The van der Waals surface area contributed by atoms with Crippen molar-refractivity contribution in [2.75, 3.05) is 32.3 Å². The first-order valence-electron chi connectivity index (χ1n) is 5.50. The van der Waals surface area contributed by atoms with Crippen LogP contribution in [0, 0.1) is 0 Å². The van der Waals surface area contributed by atoms with Crippen molar-refractivity contribution in [2.45, 2.75) is 19.8 Å². The van der Waals surface area contributed by atoms with Gasteiger partial charge in [-0.2, -0.15) is 11.0 Å². The Balaban J connectivity index is -0.00000112. The van der Waals surface area contributed by atoms with Gasteiger partial charge < -0.3 is 12.9 Å². The molecule has 0 atom stereocenters. The molecule has 0 aliphatic carbocycles. The molecular formula is C8H24N4NaO3P. The molecule has 0 amide bonds. The topological polar surface area (TPSA) is 112 Å². The second-order valence-electron chi connectivity index (χ2n) is 3.24. The van der Waals surface area contributed by atoms with Crippen LogP contribution in [-0.4, -0.2) is 32.3 Å². The Morgan fingerprint density at radius 1 is 1.18 bits per heavy atom. The molecule has 6 N–H and O–H groups in total. The smallest absolute Gasteiger partial charge is 1.00 e. The molecule has 0 aliphatic rings. The molecule has 0 bridgehead atoms. The van der Waals surface area contributed by atoms with Gasteiger partial charge in [0.2, 0.25) is 0 Å². The van der Waals surface area contributed by atoms with Crippen LogP contribution in [0.1, 0.15) is 21.2 Å². The van der Waals surface area contributed by atoms with Gasteiger partial charge in [-0.25, -0.2) is 9.25 Å². The molecular weight excluding hydrogens is 254 g/mol. The number of nitrogens with one attached hydrogen (secondary N) is 2. The SMILES string of the molecule is CCCCP(=O)(ONCCN)ONCCN.[H-].[Na+]. The third-order valence-corrected chi connectivity index (χ3v) is 3.36. The molecule has 9 heteroatoms. The normalized spacial score (nSPS) is 11.2. The van der Waals surface area contributed by atoms with E-state index in [2.05, 4.69) is 11.0 Å². The number of nitrogens with two attached hydrogens (primary N) is 2. The van der Waals surface area contributed by atoms with Gasteiger partial charge in [-0.15, -0.1) is 0 Å². The molecule has 0 radical (unpaired) electrons. The van der Waals surface area contributed by atoms with E-state index < -0.39 is 7.60 Å². The van der Waals surface area contributed by atoms with Crippen LogP contribution in [0.15, 0.2) is 0 Å². The van der Waals surface area contributed by atoms with E-state index in [0.717, 1.165) is 12.8 Å². The van der Waals surface area contributed by atoms with E-state index in [1.807, 2.05) is 6.92 Å². The minimum Gasteiger partial charge on any atom is -1.00 e. The minimum absolute atomic E-state index is 0. The zero-order valence-corrected chi connectivity index (χ0v) is 13.7. The third-order valence-electron chi connectivity index (χ3n) is 1.69. The first-order chi connectivity index (χ1) is 7.68. The van der Waals surface area contributed by atoms with Gasteiger partial charge in [0, 0.05) is 26.2 Å². The summed E-state index contributed by atoms with van der Waals surface area (Å²) in [6.07, 6.45) is 2.05. The Kier molecular flexibility index (Phi) is 16.0. The van der Waals surface area contributed by atoms with Crippen LogP contribution in [0.25, 0.3) is 0 Å². The summed E-state index contributed by atoms with van der Waals surface area (Å²) in [4.78, 5) is 0. The zero-order chi connectivity index (χ0) is 12.3. The van der Waals surface area contributed by atoms with Gasteiger partial charge in [-0.3, -0.25) is 4.57 Å². The van der Waals surface area contributed by atoms with Crippen molar-refractivity contribution in [3.8, 4) is 0 Å². The Morgan fingerprint density at radius 2 is 1.65 bits per heavy atom. The Morgan fingerprint density at radius 3 is 2.00 bits per heavy atom. The largest absolute Gasteiger partial charge is 1.00 e. The predicted molar refractivity (Wildman–Crippen MR) is 64.8 cm³/mol. The first-order valence-corrected chi connectivity index (χ1v) is 7.23. The molecule has 0 aromatic carbocycles. The van der Waals surface area contributed by atoms with E-state index in [-0.39, 0.29) is 31.0 Å². The average Bonchev–Trinajstić information content (AvgIpc) is 2.27. The van der Waals surface area contributed by atoms with Crippen molar-refractivity contribution in [3.05, 3.63) is 0 Å². The van der Waals surface area contributed by atoms with Crippen LogP contribution in [0.3, 0.4) is 0 Å². The number of hydroxylamine groups is 2. The van der Waals surface area contributed by atoms with Crippen LogP contribution in [0.2, 0.25) is 0 Å². The molecule has 0 unspecified atom stereocenters. The van der Waals surface area contributed by atoms with Gasteiger partial charge in [-0.1, -0.05) is 13.3 Å². The molecule has 0 aromatic heterocycles. The molecule has 0 aliphatic heterocycles. The van der Waals surface area contributed by atoms with E-state index >= 15 is 0 Å². The van der Waals surface area contributed by atoms with Crippen molar-refractivity contribution in [1.29, 1.82) is 0 Å².